The fraction of sp³-hybridized carbons (Fsp3) is 0.429. The average molecular weight is 352 g/mol. The van der Waals surface area contributed by atoms with E-state index in [2.05, 4.69) is 38.1 Å². The van der Waals surface area contributed by atoms with Crippen LogP contribution in [-0.4, -0.2) is 28.0 Å². The highest BCUT2D eigenvalue weighted by molar-refractivity contribution is 6.12. The molecule has 1 amide bonds. The first kappa shape index (κ1) is 18.2. The number of carbonyl (C=O) groups is 1. The zero-order valence-corrected chi connectivity index (χ0v) is 16.0. The fourth-order valence-electron chi connectivity index (χ4n) is 4.00. The van der Waals surface area contributed by atoms with Crippen LogP contribution in [0.15, 0.2) is 47.6 Å². The Morgan fingerprint density at radius 1 is 1.04 bits per heavy atom. The molecule has 3 rings (SSSR count). The lowest BCUT2D eigenvalue weighted by Crippen LogP contribution is -2.57. The van der Waals surface area contributed by atoms with Crippen LogP contribution in [0.4, 0.5) is 0 Å². The van der Waals surface area contributed by atoms with E-state index < -0.39 is 0 Å². The van der Waals surface area contributed by atoms with Crippen molar-refractivity contribution in [3.8, 4) is 0 Å². The molecule has 1 fully saturated rings. The Morgan fingerprint density at radius 2 is 1.65 bits per heavy atom. The molecule has 0 spiro atoms. The molecule has 0 saturated carbocycles. The van der Waals surface area contributed by atoms with Crippen LogP contribution in [0.2, 0.25) is 0 Å². The van der Waals surface area contributed by atoms with Crippen molar-refractivity contribution >= 4 is 22.6 Å². The summed E-state index contributed by atoms with van der Waals surface area (Å²) in [5.41, 5.74) is 6.50. The van der Waals surface area contributed by atoms with Crippen LogP contribution >= 0.6 is 0 Å². The van der Waals surface area contributed by atoms with Gasteiger partial charge in [-0.3, -0.25) is 15.1 Å². The maximum atomic E-state index is 12.7. The first-order valence-corrected chi connectivity index (χ1v) is 9.14. The van der Waals surface area contributed by atoms with Gasteiger partial charge in [0.15, 0.2) is 0 Å². The van der Waals surface area contributed by atoms with Gasteiger partial charge in [0.05, 0.1) is 11.1 Å². The van der Waals surface area contributed by atoms with Gasteiger partial charge in [-0.1, -0.05) is 36.4 Å². The second kappa shape index (κ2) is 6.63. The second-order valence-electron chi connectivity index (χ2n) is 8.26. The second-order valence-corrected chi connectivity index (χ2v) is 8.26. The topological polar surface area (TPSA) is 70.7 Å². The van der Waals surface area contributed by atoms with Gasteiger partial charge in [-0.05, 0) is 63.8 Å². The molecule has 1 aliphatic heterocycles. The summed E-state index contributed by atoms with van der Waals surface area (Å²) in [6.07, 6.45) is 3.25. The maximum absolute atomic E-state index is 12.7. The van der Waals surface area contributed by atoms with Gasteiger partial charge in [-0.2, -0.15) is 0 Å². The Labute approximate surface area is 155 Å². The van der Waals surface area contributed by atoms with E-state index in [0.29, 0.717) is 5.56 Å². The lowest BCUT2D eigenvalue weighted by atomic mass is 9.82. The largest absolute Gasteiger partial charge is 0.368 e. The van der Waals surface area contributed by atoms with Gasteiger partial charge >= 0.3 is 0 Å². The summed E-state index contributed by atoms with van der Waals surface area (Å²) in [5, 5.41) is 11.3. The van der Waals surface area contributed by atoms with Crippen molar-refractivity contribution in [2.75, 3.05) is 0 Å². The number of hydrazone groups is 1. The Balaban J connectivity index is 1.85. The number of carbonyl (C=O) groups excluding carboxylic acids is 1. The van der Waals surface area contributed by atoms with Crippen molar-refractivity contribution in [3.05, 3.63) is 48.0 Å². The van der Waals surface area contributed by atoms with E-state index in [1.54, 1.807) is 6.07 Å². The van der Waals surface area contributed by atoms with Crippen molar-refractivity contribution in [2.24, 2.45) is 10.8 Å². The number of hydrogen-bond donors (Lipinski definition) is 2. The number of rotatable bonds is 2. The highest BCUT2D eigenvalue weighted by atomic mass is 16.1. The zero-order valence-electron chi connectivity index (χ0n) is 16.0. The first-order chi connectivity index (χ1) is 12.2. The minimum absolute atomic E-state index is 0.101. The number of amides is 1. The van der Waals surface area contributed by atoms with Crippen molar-refractivity contribution in [2.45, 2.75) is 58.0 Å². The molecule has 1 heterocycles. The average Bonchev–Trinajstić information content (AvgIpc) is 2.57. The molecule has 26 heavy (non-hydrogen) atoms. The van der Waals surface area contributed by atoms with Crippen LogP contribution in [0.3, 0.4) is 0 Å². The van der Waals surface area contributed by atoms with Gasteiger partial charge in [0.25, 0.3) is 5.91 Å². The van der Waals surface area contributed by atoms with Gasteiger partial charge in [-0.15, -0.1) is 5.10 Å². The maximum Gasteiger partial charge on any atom is 0.258 e. The summed E-state index contributed by atoms with van der Waals surface area (Å²) in [6, 6.07) is 13.5. The van der Waals surface area contributed by atoms with Gasteiger partial charge in [0.2, 0.25) is 5.96 Å². The van der Waals surface area contributed by atoms with E-state index in [-0.39, 0.29) is 22.9 Å². The molecule has 0 aromatic heterocycles. The fourth-order valence-corrected chi connectivity index (χ4v) is 4.00. The van der Waals surface area contributed by atoms with Crippen molar-refractivity contribution in [1.82, 2.24) is 10.3 Å². The van der Waals surface area contributed by atoms with Crippen LogP contribution in [0.1, 0.15) is 57.3 Å². The number of nitrogens with zero attached hydrogens (tertiary/aromatic N) is 2. The monoisotopic (exact) mass is 352 g/mol. The Hall–Kier alpha value is -2.56. The molecule has 5 heteroatoms. The highest BCUT2D eigenvalue weighted by Crippen LogP contribution is 2.38. The van der Waals surface area contributed by atoms with E-state index in [1.165, 1.54) is 0 Å². The van der Waals surface area contributed by atoms with E-state index in [1.807, 2.05) is 41.4 Å². The van der Waals surface area contributed by atoms with Crippen molar-refractivity contribution in [3.63, 3.8) is 0 Å². The standard InChI is InChI=1S/C21H28N4O/c1-20(2)13-8-14-21(3,4)25(20)24-19(22)23-18(26)17-12-7-10-15-9-5-6-11-16(15)17/h5-7,9-12H,8,13-14H2,1-4H3,(H3,22,23,24,26). The summed E-state index contributed by atoms with van der Waals surface area (Å²) in [5.74, 6) is -0.110. The highest BCUT2D eigenvalue weighted by Gasteiger charge is 2.41. The molecule has 0 atom stereocenters. The number of nitrogens with two attached hydrogens (primary N) is 1. The smallest absolute Gasteiger partial charge is 0.258 e. The minimum Gasteiger partial charge on any atom is -0.368 e. The normalized spacial score (nSPS) is 19.4. The third kappa shape index (κ3) is 3.52. The molecule has 0 unspecified atom stereocenters. The van der Waals surface area contributed by atoms with Crippen LogP contribution in [0.25, 0.3) is 10.8 Å². The molecule has 3 N–H and O–H groups in total. The van der Waals surface area contributed by atoms with Crippen molar-refractivity contribution in [1.29, 1.82) is 0 Å². The molecule has 5 nitrogen and oxygen atoms in total. The molecule has 1 saturated heterocycles. The van der Waals surface area contributed by atoms with Crippen LogP contribution in [-0.2, 0) is 0 Å². The Kier molecular flexibility index (Phi) is 4.65. The van der Waals surface area contributed by atoms with Gasteiger partial charge < -0.3 is 5.73 Å². The molecule has 138 valence electrons. The van der Waals surface area contributed by atoms with E-state index >= 15 is 0 Å². The summed E-state index contributed by atoms with van der Waals surface area (Å²) in [6.45, 7) is 8.66. The van der Waals surface area contributed by atoms with Crippen LogP contribution < -0.4 is 11.1 Å². The summed E-state index contributed by atoms with van der Waals surface area (Å²) >= 11 is 0. The van der Waals surface area contributed by atoms with E-state index in [4.69, 9.17) is 5.73 Å². The molecule has 1 aliphatic rings. The lowest BCUT2D eigenvalue weighted by molar-refractivity contribution is -0.0251. The van der Waals surface area contributed by atoms with E-state index in [0.717, 1.165) is 30.0 Å². The molecule has 2 aromatic carbocycles. The SMILES string of the molecule is CC1(C)CCCC(C)(C)N1N=C(N)NC(=O)c1cccc2ccccc12. The summed E-state index contributed by atoms with van der Waals surface area (Å²) in [7, 11) is 0. The number of piperidine rings is 1. The number of fused-ring (bicyclic) bond motifs is 1. The minimum atomic E-state index is -0.240. The Morgan fingerprint density at radius 3 is 2.35 bits per heavy atom. The summed E-state index contributed by atoms with van der Waals surface area (Å²) in [4.78, 5) is 12.7. The predicted octanol–water partition coefficient (Wildman–Crippen LogP) is 3.84. The number of nitrogens with one attached hydrogen (secondary N) is 1. The first-order valence-electron chi connectivity index (χ1n) is 9.14. The molecular formula is C21H28N4O. The van der Waals surface area contributed by atoms with Gasteiger partial charge in [0.1, 0.15) is 0 Å². The summed E-state index contributed by atoms with van der Waals surface area (Å²) < 4.78 is 0. The van der Waals surface area contributed by atoms with E-state index in [9.17, 15) is 4.79 Å². The predicted molar refractivity (Wildman–Crippen MR) is 107 cm³/mol. The quantitative estimate of drug-likeness (QED) is 0.637. The van der Waals surface area contributed by atoms with Crippen LogP contribution in [0.5, 0.6) is 0 Å². The van der Waals surface area contributed by atoms with Gasteiger partial charge in [-0.25, -0.2) is 0 Å². The molecular weight excluding hydrogens is 324 g/mol. The van der Waals surface area contributed by atoms with Gasteiger partial charge in [0, 0.05) is 5.56 Å². The molecule has 0 aliphatic carbocycles. The zero-order chi connectivity index (χ0) is 18.9. The van der Waals surface area contributed by atoms with Crippen molar-refractivity contribution < 1.29 is 4.79 Å². The number of benzene rings is 2. The molecule has 0 bridgehead atoms. The molecule has 2 aromatic rings. The third-order valence-corrected chi connectivity index (χ3v) is 5.21. The lowest BCUT2D eigenvalue weighted by Gasteiger charge is -2.51. The van der Waals surface area contributed by atoms with Crippen LogP contribution in [0, 0.1) is 0 Å². The number of hydrogen-bond acceptors (Lipinski definition) is 3. The Bertz CT molecular complexity index is 833. The number of guanidine groups is 1. The molecule has 0 radical (unpaired) electrons. The third-order valence-electron chi connectivity index (χ3n) is 5.21.